The van der Waals surface area contributed by atoms with Gasteiger partial charge >= 0.3 is 18.0 Å². The largest absolute Gasteiger partial charge is 0.493 e. The van der Waals surface area contributed by atoms with Crippen LogP contribution in [0.2, 0.25) is 0 Å². The molecule has 0 aliphatic rings. The molecule has 1 atom stereocenters. The molecule has 138 valence electrons. The Labute approximate surface area is 134 Å². The summed E-state index contributed by atoms with van der Waals surface area (Å²) in [5, 5.41) is 0. The normalized spacial score (nSPS) is 15.9. The predicted octanol–water partition coefficient (Wildman–Crippen LogP) is 5.17. The van der Waals surface area contributed by atoms with Gasteiger partial charge in [-0.3, -0.25) is 0 Å². The van der Waals surface area contributed by atoms with E-state index in [2.05, 4.69) is 0 Å². The second-order valence-corrected chi connectivity index (χ2v) is 5.34. The number of benzene rings is 1. The molecule has 1 aromatic carbocycles. The maximum Gasteiger partial charge on any atom is 0.431 e. The van der Waals surface area contributed by atoms with Crippen molar-refractivity contribution < 1.29 is 40.2 Å². The number of hydrogen-bond donors (Lipinski definition) is 0. The van der Waals surface area contributed by atoms with E-state index in [0.29, 0.717) is 0 Å². The summed E-state index contributed by atoms with van der Waals surface area (Å²) < 4.78 is 101. The lowest BCUT2D eigenvalue weighted by atomic mass is 9.82. The highest BCUT2D eigenvalue weighted by atomic mass is 19.4. The van der Waals surface area contributed by atoms with Crippen molar-refractivity contribution in [2.24, 2.45) is 0 Å². The molecule has 0 radical (unpaired) electrons. The van der Waals surface area contributed by atoms with Gasteiger partial charge in [0.15, 0.2) is 0 Å². The zero-order valence-electron chi connectivity index (χ0n) is 13.2. The summed E-state index contributed by atoms with van der Waals surface area (Å²) in [6.45, 7) is 2.67. The van der Waals surface area contributed by atoms with Crippen molar-refractivity contribution >= 4 is 0 Å². The molecule has 1 unspecified atom stereocenters. The lowest BCUT2D eigenvalue weighted by molar-refractivity contribution is -0.353. The van der Waals surface area contributed by atoms with Gasteiger partial charge in [-0.1, -0.05) is 18.2 Å². The molecule has 0 fully saturated rings. The molecule has 9 heteroatoms. The van der Waals surface area contributed by atoms with Crippen LogP contribution in [0.4, 0.5) is 30.7 Å². The highest BCUT2D eigenvalue weighted by Gasteiger charge is 2.74. The zero-order valence-corrected chi connectivity index (χ0v) is 13.2. The summed E-state index contributed by atoms with van der Waals surface area (Å²) in [6.07, 6.45) is -14.3. The van der Waals surface area contributed by atoms with E-state index in [9.17, 15) is 30.7 Å². The van der Waals surface area contributed by atoms with Gasteiger partial charge in [-0.25, -0.2) is 4.39 Å². The van der Waals surface area contributed by atoms with Gasteiger partial charge in [0.05, 0.1) is 12.2 Å². The van der Waals surface area contributed by atoms with Crippen molar-refractivity contribution in [1.82, 2.24) is 0 Å². The molecule has 0 aliphatic heterocycles. The quantitative estimate of drug-likeness (QED) is 0.650. The fourth-order valence-electron chi connectivity index (χ4n) is 2.29. The second kappa shape index (κ2) is 6.78. The molecule has 0 bridgehead atoms. The van der Waals surface area contributed by atoms with E-state index in [4.69, 9.17) is 9.47 Å². The van der Waals surface area contributed by atoms with Crippen LogP contribution < -0.4 is 4.74 Å². The Morgan fingerprint density at radius 2 is 1.42 bits per heavy atom. The van der Waals surface area contributed by atoms with Crippen LogP contribution in [-0.4, -0.2) is 31.7 Å². The maximum atomic E-state index is 14.1. The standard InChI is InChI=1S/C15H17F7O2/c1-4-24-11-8-6-5-7-10(11)12(2,23-3)9-13(16,14(17,18)19)15(20,21)22/h5-8H,4,9H2,1-3H3. The van der Waals surface area contributed by atoms with E-state index < -0.39 is 30.0 Å². The lowest BCUT2D eigenvalue weighted by Gasteiger charge is -2.38. The molecule has 0 aromatic heterocycles. The third-order valence-electron chi connectivity index (χ3n) is 3.69. The summed E-state index contributed by atoms with van der Waals surface area (Å²) >= 11 is 0. The summed E-state index contributed by atoms with van der Waals surface area (Å²) in [4.78, 5) is 0. The smallest absolute Gasteiger partial charge is 0.431 e. The Bertz CT molecular complexity index is 539. The molecule has 0 aliphatic carbocycles. The third-order valence-corrected chi connectivity index (χ3v) is 3.69. The van der Waals surface area contributed by atoms with Crippen molar-refractivity contribution in [1.29, 1.82) is 0 Å². The van der Waals surface area contributed by atoms with E-state index in [1.807, 2.05) is 0 Å². The molecule has 1 rings (SSSR count). The fourth-order valence-corrected chi connectivity index (χ4v) is 2.29. The molecule has 0 amide bonds. The van der Waals surface area contributed by atoms with Gasteiger partial charge in [-0.15, -0.1) is 0 Å². The van der Waals surface area contributed by atoms with Crippen LogP contribution in [0.15, 0.2) is 24.3 Å². The number of ether oxygens (including phenoxy) is 2. The Kier molecular flexibility index (Phi) is 5.80. The molecule has 0 heterocycles. The van der Waals surface area contributed by atoms with E-state index in [1.54, 1.807) is 6.92 Å². The summed E-state index contributed by atoms with van der Waals surface area (Å²) in [7, 11) is 0.913. The third kappa shape index (κ3) is 3.76. The first-order valence-corrected chi connectivity index (χ1v) is 6.92. The van der Waals surface area contributed by atoms with E-state index >= 15 is 0 Å². The minimum atomic E-state index is -6.15. The highest BCUT2D eigenvalue weighted by Crippen LogP contribution is 2.53. The molecule has 2 nitrogen and oxygen atoms in total. The van der Waals surface area contributed by atoms with Crippen LogP contribution in [0, 0.1) is 0 Å². The van der Waals surface area contributed by atoms with Crippen LogP contribution >= 0.6 is 0 Å². The number of halogens is 7. The summed E-state index contributed by atoms with van der Waals surface area (Å²) in [6, 6.07) is 5.47. The van der Waals surface area contributed by atoms with Crippen molar-refractivity contribution in [3.63, 3.8) is 0 Å². The van der Waals surface area contributed by atoms with Gasteiger partial charge in [0.25, 0.3) is 0 Å². The second-order valence-electron chi connectivity index (χ2n) is 5.34. The first kappa shape index (κ1) is 20.5. The minimum Gasteiger partial charge on any atom is -0.493 e. The predicted molar refractivity (Wildman–Crippen MR) is 72.5 cm³/mol. The molecule has 0 spiro atoms. The number of alkyl halides is 7. The van der Waals surface area contributed by atoms with Crippen molar-refractivity contribution in [2.75, 3.05) is 13.7 Å². The van der Waals surface area contributed by atoms with Gasteiger partial charge in [0.1, 0.15) is 5.75 Å². The highest BCUT2D eigenvalue weighted by molar-refractivity contribution is 5.38. The van der Waals surface area contributed by atoms with Gasteiger partial charge in [-0.05, 0) is 19.9 Å². The fraction of sp³-hybridized carbons (Fsp3) is 0.600. The summed E-state index contributed by atoms with van der Waals surface area (Å²) in [5.41, 5.74) is -7.75. The first-order valence-electron chi connectivity index (χ1n) is 6.92. The van der Waals surface area contributed by atoms with Crippen molar-refractivity contribution in [2.45, 2.75) is 43.9 Å². The van der Waals surface area contributed by atoms with E-state index in [-0.39, 0.29) is 17.9 Å². The van der Waals surface area contributed by atoms with E-state index in [0.717, 1.165) is 14.0 Å². The molecular formula is C15H17F7O2. The van der Waals surface area contributed by atoms with Crippen LogP contribution in [0.3, 0.4) is 0 Å². The average Bonchev–Trinajstić information content (AvgIpc) is 2.45. The van der Waals surface area contributed by atoms with E-state index in [1.165, 1.54) is 24.3 Å². The first-order chi connectivity index (χ1) is 10.8. The zero-order chi connectivity index (χ0) is 18.8. The molecule has 1 aromatic rings. The molecular weight excluding hydrogens is 345 g/mol. The van der Waals surface area contributed by atoms with Gasteiger partial charge in [0.2, 0.25) is 0 Å². The molecule has 0 saturated heterocycles. The average molecular weight is 362 g/mol. The minimum absolute atomic E-state index is 0.0241. The Morgan fingerprint density at radius 3 is 1.83 bits per heavy atom. The van der Waals surface area contributed by atoms with Crippen LogP contribution in [0.5, 0.6) is 5.75 Å². The number of para-hydroxylation sites is 1. The van der Waals surface area contributed by atoms with Gasteiger partial charge < -0.3 is 9.47 Å². The van der Waals surface area contributed by atoms with Gasteiger partial charge in [0, 0.05) is 19.1 Å². The number of methoxy groups -OCH3 is 1. The van der Waals surface area contributed by atoms with Crippen LogP contribution in [-0.2, 0) is 10.3 Å². The SMILES string of the molecule is CCOc1ccccc1C(C)(CC(F)(C(F)(F)F)C(F)(F)F)OC. The Morgan fingerprint density at radius 1 is 0.917 bits per heavy atom. The van der Waals surface area contributed by atoms with Crippen molar-refractivity contribution in [3.8, 4) is 5.75 Å². The van der Waals surface area contributed by atoms with Gasteiger partial charge in [-0.2, -0.15) is 26.3 Å². The Balaban J connectivity index is 3.44. The number of hydrogen-bond acceptors (Lipinski definition) is 2. The monoisotopic (exact) mass is 362 g/mol. The summed E-state index contributed by atoms with van der Waals surface area (Å²) in [5.74, 6) is 0.0241. The van der Waals surface area contributed by atoms with Crippen LogP contribution in [0.25, 0.3) is 0 Å². The molecule has 0 N–H and O–H groups in total. The Hall–Kier alpha value is -1.51. The molecule has 24 heavy (non-hydrogen) atoms. The van der Waals surface area contributed by atoms with Crippen molar-refractivity contribution in [3.05, 3.63) is 29.8 Å². The number of rotatable bonds is 6. The lowest BCUT2D eigenvalue weighted by Crippen LogP contribution is -2.56. The molecule has 0 saturated carbocycles. The van der Waals surface area contributed by atoms with Crippen LogP contribution in [0.1, 0.15) is 25.8 Å². The maximum absolute atomic E-state index is 14.1. The topological polar surface area (TPSA) is 18.5 Å².